The van der Waals surface area contributed by atoms with Gasteiger partial charge < -0.3 is 10.5 Å². The fourth-order valence-electron chi connectivity index (χ4n) is 1.09. The molecule has 0 radical (unpaired) electrons. The molecule has 13 heavy (non-hydrogen) atoms. The van der Waals surface area contributed by atoms with Gasteiger partial charge in [-0.2, -0.15) is 0 Å². The molecule has 3 nitrogen and oxygen atoms in total. The van der Waals surface area contributed by atoms with Crippen molar-refractivity contribution in [3.63, 3.8) is 0 Å². The van der Waals surface area contributed by atoms with Crippen LogP contribution in [0.4, 0.5) is 0 Å². The number of methoxy groups -OCH3 is 1. The molecule has 0 aromatic carbocycles. The van der Waals surface area contributed by atoms with Crippen molar-refractivity contribution in [2.75, 3.05) is 7.11 Å². The van der Waals surface area contributed by atoms with Crippen LogP contribution in [0.25, 0.3) is 0 Å². The van der Waals surface area contributed by atoms with Crippen LogP contribution in [0.15, 0.2) is 11.4 Å². The Morgan fingerprint density at radius 2 is 2.46 bits per heavy atom. The summed E-state index contributed by atoms with van der Waals surface area (Å²) in [4.78, 5) is 12.2. The van der Waals surface area contributed by atoms with E-state index in [0.717, 1.165) is 5.56 Å². The summed E-state index contributed by atoms with van der Waals surface area (Å²) in [7, 11) is 1.35. The third-order valence-corrected chi connectivity index (χ3v) is 2.65. The summed E-state index contributed by atoms with van der Waals surface area (Å²) < 4.78 is 4.53. The lowest BCUT2D eigenvalue weighted by atomic mass is 10.1. The summed E-state index contributed by atoms with van der Waals surface area (Å²) in [5.74, 6) is -0.358. The Morgan fingerprint density at radius 3 is 2.92 bits per heavy atom. The van der Waals surface area contributed by atoms with Crippen LogP contribution in [-0.4, -0.2) is 19.1 Å². The van der Waals surface area contributed by atoms with E-state index in [0.29, 0.717) is 6.42 Å². The van der Waals surface area contributed by atoms with Gasteiger partial charge in [0.2, 0.25) is 0 Å². The number of esters is 1. The van der Waals surface area contributed by atoms with Gasteiger partial charge in [0.1, 0.15) is 6.04 Å². The van der Waals surface area contributed by atoms with Crippen molar-refractivity contribution in [1.82, 2.24) is 0 Å². The second kappa shape index (κ2) is 4.39. The number of carbonyl (C=O) groups is 1. The van der Waals surface area contributed by atoms with Gasteiger partial charge in [-0.15, -0.1) is 11.3 Å². The molecule has 0 saturated heterocycles. The molecule has 1 atom stereocenters. The van der Waals surface area contributed by atoms with Gasteiger partial charge >= 0.3 is 5.97 Å². The summed E-state index contributed by atoms with van der Waals surface area (Å²) in [5, 5.41) is 2.01. The lowest BCUT2D eigenvalue weighted by Crippen LogP contribution is -2.33. The summed E-state index contributed by atoms with van der Waals surface area (Å²) >= 11 is 1.66. The van der Waals surface area contributed by atoms with Gasteiger partial charge in [0.25, 0.3) is 0 Å². The maximum absolute atomic E-state index is 11.0. The molecule has 0 aliphatic carbocycles. The van der Waals surface area contributed by atoms with Crippen molar-refractivity contribution in [3.05, 3.63) is 21.9 Å². The average molecular weight is 199 g/mol. The zero-order valence-corrected chi connectivity index (χ0v) is 8.56. The molecular weight excluding hydrogens is 186 g/mol. The molecule has 0 aliphatic heterocycles. The summed E-state index contributed by atoms with van der Waals surface area (Å²) in [6.07, 6.45) is 0.553. The largest absolute Gasteiger partial charge is 0.468 e. The zero-order valence-electron chi connectivity index (χ0n) is 7.74. The standard InChI is InChI=1S/C9H13NO2S/c1-6-3-7(5-13-6)4-8(10)9(11)12-2/h3,5,8H,4,10H2,1-2H3. The van der Waals surface area contributed by atoms with Crippen molar-refractivity contribution < 1.29 is 9.53 Å². The SMILES string of the molecule is COC(=O)C(N)Cc1csc(C)c1. The van der Waals surface area contributed by atoms with Gasteiger partial charge in [0.05, 0.1) is 7.11 Å². The second-order valence-corrected chi connectivity index (χ2v) is 4.01. The Morgan fingerprint density at radius 1 is 1.77 bits per heavy atom. The van der Waals surface area contributed by atoms with Crippen molar-refractivity contribution in [3.8, 4) is 0 Å². The Kier molecular flexibility index (Phi) is 3.45. The zero-order chi connectivity index (χ0) is 9.84. The first-order chi connectivity index (χ1) is 6.13. The highest BCUT2D eigenvalue weighted by atomic mass is 32.1. The van der Waals surface area contributed by atoms with E-state index in [1.165, 1.54) is 12.0 Å². The number of hydrogen-bond donors (Lipinski definition) is 1. The Hall–Kier alpha value is -0.870. The number of aryl methyl sites for hydroxylation is 1. The predicted molar refractivity (Wildman–Crippen MR) is 52.8 cm³/mol. The van der Waals surface area contributed by atoms with Crippen molar-refractivity contribution in [2.45, 2.75) is 19.4 Å². The lowest BCUT2D eigenvalue weighted by molar-refractivity contribution is -0.142. The molecule has 1 aromatic rings. The van der Waals surface area contributed by atoms with Crippen LogP contribution < -0.4 is 5.73 Å². The van der Waals surface area contributed by atoms with Crippen LogP contribution >= 0.6 is 11.3 Å². The molecular formula is C9H13NO2S. The minimum Gasteiger partial charge on any atom is -0.468 e. The van der Waals surface area contributed by atoms with E-state index in [1.54, 1.807) is 11.3 Å². The Bertz CT molecular complexity index is 296. The first-order valence-electron chi connectivity index (χ1n) is 4.01. The minimum atomic E-state index is -0.543. The summed E-state index contributed by atoms with van der Waals surface area (Å²) in [5.41, 5.74) is 6.70. The van der Waals surface area contributed by atoms with Crippen LogP contribution in [0, 0.1) is 6.92 Å². The molecule has 1 rings (SSSR count). The van der Waals surface area contributed by atoms with E-state index in [1.807, 2.05) is 18.4 Å². The Balaban J connectivity index is 2.54. The first kappa shape index (κ1) is 10.2. The minimum absolute atomic E-state index is 0.358. The van der Waals surface area contributed by atoms with Crippen molar-refractivity contribution in [2.24, 2.45) is 5.73 Å². The van der Waals surface area contributed by atoms with Crippen molar-refractivity contribution in [1.29, 1.82) is 0 Å². The van der Waals surface area contributed by atoms with Crippen LogP contribution in [0.5, 0.6) is 0 Å². The van der Waals surface area contributed by atoms with Gasteiger partial charge in [-0.3, -0.25) is 4.79 Å². The number of thiophene rings is 1. The molecule has 1 unspecified atom stereocenters. The molecule has 1 heterocycles. The highest BCUT2D eigenvalue weighted by molar-refractivity contribution is 7.10. The predicted octanol–water partition coefficient (Wildman–Crippen LogP) is 1.10. The lowest BCUT2D eigenvalue weighted by Gasteiger charge is -2.06. The molecule has 1 aromatic heterocycles. The van der Waals surface area contributed by atoms with E-state index in [2.05, 4.69) is 4.74 Å². The van der Waals surface area contributed by atoms with Gasteiger partial charge in [0.15, 0.2) is 0 Å². The molecule has 4 heteroatoms. The fourth-order valence-corrected chi connectivity index (χ4v) is 1.81. The molecule has 0 amide bonds. The van der Waals surface area contributed by atoms with Gasteiger partial charge in [-0.1, -0.05) is 0 Å². The van der Waals surface area contributed by atoms with Crippen molar-refractivity contribution >= 4 is 17.3 Å². The van der Waals surface area contributed by atoms with E-state index in [-0.39, 0.29) is 5.97 Å². The number of carbonyl (C=O) groups excluding carboxylic acids is 1. The quantitative estimate of drug-likeness (QED) is 0.742. The fraction of sp³-hybridized carbons (Fsp3) is 0.444. The summed E-state index contributed by atoms with van der Waals surface area (Å²) in [6, 6.07) is 1.49. The van der Waals surface area contributed by atoms with Crippen LogP contribution in [-0.2, 0) is 16.0 Å². The first-order valence-corrected chi connectivity index (χ1v) is 4.89. The number of ether oxygens (including phenoxy) is 1. The third kappa shape index (κ3) is 2.82. The average Bonchev–Trinajstić information content (AvgIpc) is 2.49. The van der Waals surface area contributed by atoms with E-state index < -0.39 is 6.04 Å². The normalized spacial score (nSPS) is 12.5. The van der Waals surface area contributed by atoms with E-state index >= 15 is 0 Å². The molecule has 0 fully saturated rings. The molecule has 0 aliphatic rings. The van der Waals surface area contributed by atoms with Crippen LogP contribution in [0.1, 0.15) is 10.4 Å². The van der Waals surface area contributed by atoms with Crippen LogP contribution in [0.2, 0.25) is 0 Å². The second-order valence-electron chi connectivity index (χ2n) is 2.90. The third-order valence-electron chi connectivity index (χ3n) is 1.74. The molecule has 72 valence electrons. The highest BCUT2D eigenvalue weighted by Gasteiger charge is 2.14. The number of nitrogens with two attached hydrogens (primary N) is 1. The topological polar surface area (TPSA) is 52.3 Å². The molecule has 0 saturated carbocycles. The maximum atomic E-state index is 11.0. The van der Waals surface area contributed by atoms with Gasteiger partial charge in [-0.25, -0.2) is 0 Å². The molecule has 0 bridgehead atoms. The number of hydrogen-bond acceptors (Lipinski definition) is 4. The van der Waals surface area contributed by atoms with E-state index in [9.17, 15) is 4.79 Å². The van der Waals surface area contributed by atoms with Gasteiger partial charge in [0, 0.05) is 4.88 Å². The Labute approximate surface area is 81.5 Å². The smallest absolute Gasteiger partial charge is 0.322 e. The van der Waals surface area contributed by atoms with Crippen LogP contribution in [0.3, 0.4) is 0 Å². The maximum Gasteiger partial charge on any atom is 0.322 e. The van der Waals surface area contributed by atoms with Gasteiger partial charge in [-0.05, 0) is 30.4 Å². The van der Waals surface area contributed by atoms with E-state index in [4.69, 9.17) is 5.73 Å². The summed E-state index contributed by atoms with van der Waals surface area (Å²) in [6.45, 7) is 2.03. The molecule has 0 spiro atoms. The highest BCUT2D eigenvalue weighted by Crippen LogP contribution is 2.14. The molecule has 2 N–H and O–H groups in total. The number of rotatable bonds is 3. The monoisotopic (exact) mass is 199 g/mol.